The van der Waals surface area contributed by atoms with Crippen LogP contribution in [0.15, 0.2) is 12.2 Å². The summed E-state index contributed by atoms with van der Waals surface area (Å²) < 4.78 is 0. The SMILES string of the molecule is CCC/C=C/CN1CCC[C@@]2(CCN(C(=O)C3CCCCC3)C2)C1. The molecule has 1 atom stereocenters. The molecule has 2 heterocycles. The topological polar surface area (TPSA) is 23.6 Å². The zero-order valence-corrected chi connectivity index (χ0v) is 15.6. The number of hydrogen-bond donors (Lipinski definition) is 0. The van der Waals surface area contributed by atoms with Crippen LogP contribution in [0.4, 0.5) is 0 Å². The Bertz CT molecular complexity index is 441. The highest BCUT2D eigenvalue weighted by molar-refractivity contribution is 5.79. The van der Waals surface area contributed by atoms with Crippen molar-refractivity contribution in [1.29, 1.82) is 0 Å². The van der Waals surface area contributed by atoms with Crippen molar-refractivity contribution < 1.29 is 4.79 Å². The largest absolute Gasteiger partial charge is 0.342 e. The number of nitrogens with zero attached hydrogens (tertiary/aromatic N) is 2. The molecule has 1 aliphatic carbocycles. The van der Waals surface area contributed by atoms with Crippen molar-refractivity contribution in [2.24, 2.45) is 11.3 Å². The molecule has 0 bridgehead atoms. The Hall–Kier alpha value is -0.830. The molecule has 2 saturated heterocycles. The summed E-state index contributed by atoms with van der Waals surface area (Å²) in [5.41, 5.74) is 0.390. The fraction of sp³-hybridized carbons (Fsp3) is 0.857. The number of amides is 1. The molecule has 0 N–H and O–H groups in total. The van der Waals surface area contributed by atoms with Gasteiger partial charge in [0.05, 0.1) is 0 Å². The van der Waals surface area contributed by atoms with Crippen LogP contribution in [0.2, 0.25) is 0 Å². The summed E-state index contributed by atoms with van der Waals surface area (Å²) in [7, 11) is 0. The lowest BCUT2D eigenvalue weighted by molar-refractivity contribution is -0.136. The second-order valence-corrected chi connectivity index (χ2v) is 8.44. The molecule has 3 fully saturated rings. The van der Waals surface area contributed by atoms with Gasteiger partial charge < -0.3 is 4.90 Å². The van der Waals surface area contributed by atoms with Crippen LogP contribution in [0.5, 0.6) is 0 Å². The van der Waals surface area contributed by atoms with Crippen LogP contribution < -0.4 is 0 Å². The number of piperidine rings is 1. The first kappa shape index (κ1) is 18.0. The predicted molar refractivity (Wildman–Crippen MR) is 99.9 cm³/mol. The molecule has 1 spiro atoms. The van der Waals surface area contributed by atoms with Gasteiger partial charge in [0.25, 0.3) is 0 Å². The minimum Gasteiger partial charge on any atom is -0.342 e. The van der Waals surface area contributed by atoms with Gasteiger partial charge in [0.15, 0.2) is 0 Å². The number of unbranched alkanes of at least 4 members (excludes halogenated alkanes) is 1. The minimum atomic E-state index is 0.338. The van der Waals surface area contributed by atoms with Gasteiger partial charge in [-0.3, -0.25) is 9.69 Å². The summed E-state index contributed by atoms with van der Waals surface area (Å²) in [6, 6.07) is 0. The van der Waals surface area contributed by atoms with E-state index in [4.69, 9.17) is 0 Å². The van der Waals surface area contributed by atoms with Gasteiger partial charge in [0.2, 0.25) is 5.91 Å². The molecular formula is C21H36N2O. The zero-order valence-electron chi connectivity index (χ0n) is 15.6. The van der Waals surface area contributed by atoms with Crippen LogP contribution >= 0.6 is 0 Å². The highest BCUT2D eigenvalue weighted by Gasteiger charge is 2.43. The highest BCUT2D eigenvalue weighted by Crippen LogP contribution is 2.40. The number of hydrogen-bond acceptors (Lipinski definition) is 2. The minimum absolute atomic E-state index is 0.338. The third kappa shape index (κ3) is 4.41. The molecule has 2 aliphatic heterocycles. The van der Waals surface area contributed by atoms with Crippen molar-refractivity contribution in [3.63, 3.8) is 0 Å². The van der Waals surface area contributed by atoms with Gasteiger partial charge in [0, 0.05) is 37.5 Å². The Morgan fingerprint density at radius 1 is 1.04 bits per heavy atom. The summed E-state index contributed by atoms with van der Waals surface area (Å²) in [6.45, 7) is 7.79. The molecule has 3 rings (SSSR count). The summed E-state index contributed by atoms with van der Waals surface area (Å²) in [5, 5.41) is 0. The molecule has 3 aliphatic rings. The fourth-order valence-corrected chi connectivity index (χ4v) is 5.04. The van der Waals surface area contributed by atoms with E-state index in [1.165, 1.54) is 64.5 Å². The molecule has 0 unspecified atom stereocenters. The maximum Gasteiger partial charge on any atom is 0.225 e. The Labute approximate surface area is 148 Å². The van der Waals surface area contributed by atoms with E-state index in [0.717, 1.165) is 32.5 Å². The molecule has 24 heavy (non-hydrogen) atoms. The van der Waals surface area contributed by atoms with Crippen LogP contribution in [-0.2, 0) is 4.79 Å². The average Bonchev–Trinajstić information content (AvgIpc) is 3.02. The number of carbonyl (C=O) groups excluding carboxylic acids is 1. The fourth-order valence-electron chi connectivity index (χ4n) is 5.04. The molecule has 3 nitrogen and oxygen atoms in total. The maximum absolute atomic E-state index is 12.9. The molecule has 0 radical (unpaired) electrons. The summed E-state index contributed by atoms with van der Waals surface area (Å²) in [4.78, 5) is 17.7. The Balaban J connectivity index is 1.51. The third-order valence-corrected chi connectivity index (χ3v) is 6.43. The Morgan fingerprint density at radius 2 is 1.88 bits per heavy atom. The zero-order chi connectivity index (χ0) is 16.8. The van der Waals surface area contributed by atoms with E-state index in [9.17, 15) is 4.79 Å². The predicted octanol–water partition coefficient (Wildman–Crippen LogP) is 4.24. The Morgan fingerprint density at radius 3 is 2.67 bits per heavy atom. The molecule has 0 aromatic carbocycles. The van der Waals surface area contributed by atoms with Gasteiger partial charge in [-0.2, -0.15) is 0 Å². The number of carbonyl (C=O) groups is 1. The van der Waals surface area contributed by atoms with Gasteiger partial charge in [-0.15, -0.1) is 0 Å². The van der Waals surface area contributed by atoms with E-state index in [0.29, 0.717) is 17.2 Å². The first-order chi connectivity index (χ1) is 11.7. The molecule has 0 aromatic rings. The van der Waals surface area contributed by atoms with Crippen molar-refractivity contribution >= 4 is 5.91 Å². The molecule has 3 heteroatoms. The van der Waals surface area contributed by atoms with Crippen molar-refractivity contribution in [2.75, 3.05) is 32.7 Å². The van der Waals surface area contributed by atoms with Crippen molar-refractivity contribution in [2.45, 2.75) is 71.1 Å². The lowest BCUT2D eigenvalue weighted by Gasteiger charge is -2.40. The lowest BCUT2D eigenvalue weighted by atomic mass is 9.79. The first-order valence-electron chi connectivity index (χ1n) is 10.4. The maximum atomic E-state index is 12.9. The molecular weight excluding hydrogens is 296 g/mol. The second kappa shape index (κ2) is 8.51. The molecule has 1 amide bonds. The van der Waals surface area contributed by atoms with Crippen LogP contribution in [0.3, 0.4) is 0 Å². The van der Waals surface area contributed by atoms with E-state index in [1.807, 2.05) is 0 Å². The average molecular weight is 333 g/mol. The monoisotopic (exact) mass is 332 g/mol. The quantitative estimate of drug-likeness (QED) is 0.703. The molecule has 1 saturated carbocycles. The van der Waals surface area contributed by atoms with E-state index >= 15 is 0 Å². The van der Waals surface area contributed by atoms with Crippen LogP contribution in [0.25, 0.3) is 0 Å². The lowest BCUT2D eigenvalue weighted by Crippen LogP contribution is -2.46. The summed E-state index contributed by atoms with van der Waals surface area (Å²) in [6.07, 6.45) is 17.1. The third-order valence-electron chi connectivity index (χ3n) is 6.43. The summed E-state index contributed by atoms with van der Waals surface area (Å²) in [5.74, 6) is 0.817. The number of allylic oxidation sites excluding steroid dienone is 1. The first-order valence-corrected chi connectivity index (χ1v) is 10.4. The van der Waals surface area contributed by atoms with Gasteiger partial charge in [-0.25, -0.2) is 0 Å². The van der Waals surface area contributed by atoms with Gasteiger partial charge in [0.1, 0.15) is 0 Å². The smallest absolute Gasteiger partial charge is 0.225 e. The summed E-state index contributed by atoms with van der Waals surface area (Å²) >= 11 is 0. The van der Waals surface area contributed by atoms with E-state index < -0.39 is 0 Å². The normalized spacial score (nSPS) is 29.8. The van der Waals surface area contributed by atoms with Crippen molar-refractivity contribution in [3.05, 3.63) is 12.2 Å². The molecule has 0 aromatic heterocycles. The number of rotatable bonds is 5. The van der Waals surface area contributed by atoms with E-state index in [1.54, 1.807) is 0 Å². The highest BCUT2D eigenvalue weighted by atomic mass is 16.2. The Kier molecular flexibility index (Phi) is 6.37. The van der Waals surface area contributed by atoms with E-state index in [2.05, 4.69) is 28.9 Å². The van der Waals surface area contributed by atoms with Crippen LogP contribution in [0.1, 0.15) is 71.1 Å². The van der Waals surface area contributed by atoms with Crippen LogP contribution in [0, 0.1) is 11.3 Å². The van der Waals surface area contributed by atoms with Gasteiger partial charge >= 0.3 is 0 Å². The standard InChI is InChI=1S/C21H36N2O/c1-2-3-4-8-14-22-15-9-12-21(17-22)13-16-23(18-21)20(24)19-10-6-5-7-11-19/h4,8,19H,2-3,5-7,9-18H2,1H3/b8-4+/t21-/m1/s1. The van der Waals surface area contributed by atoms with E-state index in [-0.39, 0.29) is 0 Å². The van der Waals surface area contributed by atoms with Gasteiger partial charge in [-0.1, -0.05) is 44.8 Å². The van der Waals surface area contributed by atoms with Crippen molar-refractivity contribution in [1.82, 2.24) is 9.80 Å². The molecule has 136 valence electrons. The van der Waals surface area contributed by atoms with Crippen LogP contribution in [-0.4, -0.2) is 48.4 Å². The second-order valence-electron chi connectivity index (χ2n) is 8.44. The number of likely N-dealkylation sites (tertiary alicyclic amines) is 2. The van der Waals surface area contributed by atoms with Gasteiger partial charge in [-0.05, 0) is 45.1 Å². The van der Waals surface area contributed by atoms with Crippen molar-refractivity contribution in [3.8, 4) is 0 Å².